The van der Waals surface area contributed by atoms with Gasteiger partial charge in [-0.1, -0.05) is 31.0 Å². The van der Waals surface area contributed by atoms with Crippen LogP contribution in [-0.2, 0) is 11.0 Å². The maximum Gasteiger partial charge on any atom is 0.417 e. The molecule has 3 atom stereocenters. The number of hydrogen-bond acceptors (Lipinski definition) is 4. The van der Waals surface area contributed by atoms with E-state index in [4.69, 9.17) is 0 Å². The van der Waals surface area contributed by atoms with Gasteiger partial charge in [-0.05, 0) is 18.9 Å². The van der Waals surface area contributed by atoms with Crippen molar-refractivity contribution in [2.75, 3.05) is 0 Å². The molecule has 1 amide bonds. The summed E-state index contributed by atoms with van der Waals surface area (Å²) < 4.78 is 38.7. The third kappa shape index (κ3) is 3.59. The van der Waals surface area contributed by atoms with Gasteiger partial charge in [0, 0.05) is 17.5 Å². The lowest BCUT2D eigenvalue weighted by Gasteiger charge is -2.26. The molecule has 1 saturated heterocycles. The molecule has 3 rings (SSSR count). The van der Waals surface area contributed by atoms with E-state index in [1.807, 2.05) is 0 Å². The molecule has 130 valence electrons. The molecule has 1 aromatic rings. The molecular formula is C16H19F3N4O. The molecule has 0 radical (unpaired) electrons. The predicted octanol–water partition coefficient (Wildman–Crippen LogP) is 2.19. The van der Waals surface area contributed by atoms with E-state index in [-0.39, 0.29) is 23.4 Å². The van der Waals surface area contributed by atoms with Crippen LogP contribution in [0.2, 0.25) is 0 Å². The standard InChI is InChI=1S/C16H19F3N4O/c17-16(18,19)12-7-3-1-5-10(12)9-20-23-15(24)14-11-6-2-4-8-13(11)21-22-14/h1,3,5,7,9,11,13-14,21-22H,2,4,6,8H2,(H,23,24)/b20-9+. The number of nitrogens with zero attached hydrogens (tertiary/aromatic N) is 1. The van der Waals surface area contributed by atoms with E-state index in [9.17, 15) is 18.0 Å². The Bertz CT molecular complexity index is 632. The minimum Gasteiger partial charge on any atom is -0.271 e. The molecule has 24 heavy (non-hydrogen) atoms. The quantitative estimate of drug-likeness (QED) is 0.584. The molecule has 3 N–H and O–H groups in total. The Morgan fingerprint density at radius 1 is 1.21 bits per heavy atom. The van der Waals surface area contributed by atoms with E-state index in [1.165, 1.54) is 18.2 Å². The fourth-order valence-corrected chi connectivity index (χ4v) is 3.40. The Hall–Kier alpha value is -1.93. The number of carbonyl (C=O) groups excluding carboxylic acids is 1. The Kier molecular flexibility index (Phi) is 4.86. The van der Waals surface area contributed by atoms with Crippen molar-refractivity contribution in [3.05, 3.63) is 35.4 Å². The van der Waals surface area contributed by atoms with Gasteiger partial charge in [0.2, 0.25) is 0 Å². The van der Waals surface area contributed by atoms with Gasteiger partial charge in [0.15, 0.2) is 0 Å². The highest BCUT2D eigenvalue weighted by molar-refractivity contribution is 5.86. The summed E-state index contributed by atoms with van der Waals surface area (Å²) in [6.45, 7) is 0. The van der Waals surface area contributed by atoms with Crippen LogP contribution in [-0.4, -0.2) is 24.2 Å². The molecule has 5 nitrogen and oxygen atoms in total. The van der Waals surface area contributed by atoms with Gasteiger partial charge in [-0.15, -0.1) is 0 Å². The number of carbonyl (C=O) groups is 1. The second kappa shape index (κ2) is 6.90. The van der Waals surface area contributed by atoms with Gasteiger partial charge in [-0.25, -0.2) is 10.9 Å². The molecular weight excluding hydrogens is 321 g/mol. The molecule has 1 saturated carbocycles. The highest BCUT2D eigenvalue weighted by atomic mass is 19.4. The molecule has 3 unspecified atom stereocenters. The molecule has 2 fully saturated rings. The summed E-state index contributed by atoms with van der Waals surface area (Å²) in [5.74, 6) is -0.144. The van der Waals surface area contributed by atoms with E-state index >= 15 is 0 Å². The van der Waals surface area contributed by atoms with Crippen LogP contribution in [0.15, 0.2) is 29.4 Å². The van der Waals surface area contributed by atoms with E-state index < -0.39 is 17.8 Å². The third-order valence-electron chi connectivity index (χ3n) is 4.60. The number of amides is 1. The zero-order valence-electron chi connectivity index (χ0n) is 12.9. The second-order valence-corrected chi connectivity index (χ2v) is 6.14. The van der Waals surface area contributed by atoms with Crippen molar-refractivity contribution < 1.29 is 18.0 Å². The first-order chi connectivity index (χ1) is 11.5. The number of benzene rings is 1. The van der Waals surface area contributed by atoms with E-state index in [0.717, 1.165) is 38.0 Å². The normalized spacial score (nSPS) is 27.2. The van der Waals surface area contributed by atoms with E-state index in [0.29, 0.717) is 0 Å². The van der Waals surface area contributed by atoms with Crippen LogP contribution in [0.4, 0.5) is 13.2 Å². The molecule has 0 spiro atoms. The van der Waals surface area contributed by atoms with Gasteiger partial charge >= 0.3 is 6.18 Å². The summed E-state index contributed by atoms with van der Waals surface area (Å²) in [5.41, 5.74) is 7.56. The average molecular weight is 340 g/mol. The maximum absolute atomic E-state index is 12.9. The molecule has 1 aromatic carbocycles. The highest BCUT2D eigenvalue weighted by Gasteiger charge is 2.41. The zero-order chi connectivity index (χ0) is 17.2. The van der Waals surface area contributed by atoms with Gasteiger partial charge < -0.3 is 0 Å². The Morgan fingerprint density at radius 2 is 1.96 bits per heavy atom. The van der Waals surface area contributed by atoms with Crippen LogP contribution < -0.4 is 16.3 Å². The first-order valence-electron chi connectivity index (χ1n) is 7.97. The van der Waals surface area contributed by atoms with Crippen LogP contribution in [0, 0.1) is 5.92 Å². The Morgan fingerprint density at radius 3 is 2.75 bits per heavy atom. The lowest BCUT2D eigenvalue weighted by Crippen LogP contribution is -2.44. The SMILES string of the molecule is O=C(N/N=C/c1ccccc1C(F)(F)F)C1NNC2CCCCC21. The third-order valence-corrected chi connectivity index (χ3v) is 4.60. The molecule has 1 aliphatic carbocycles. The van der Waals surface area contributed by atoms with E-state index in [1.54, 1.807) is 0 Å². The minimum absolute atomic E-state index is 0.0849. The van der Waals surface area contributed by atoms with Crippen LogP contribution >= 0.6 is 0 Å². The zero-order valence-corrected chi connectivity index (χ0v) is 12.9. The van der Waals surface area contributed by atoms with Gasteiger partial charge in [0.1, 0.15) is 6.04 Å². The highest BCUT2D eigenvalue weighted by Crippen LogP contribution is 2.31. The summed E-state index contributed by atoms with van der Waals surface area (Å²) in [6.07, 6.45) is 0.750. The summed E-state index contributed by atoms with van der Waals surface area (Å²) in [5, 5.41) is 3.71. The van der Waals surface area contributed by atoms with Crippen molar-refractivity contribution in [1.82, 2.24) is 16.3 Å². The Labute approximate surface area is 137 Å². The van der Waals surface area contributed by atoms with Crippen molar-refractivity contribution >= 4 is 12.1 Å². The summed E-state index contributed by atoms with van der Waals surface area (Å²) in [6, 6.07) is 4.96. The lowest BCUT2D eigenvalue weighted by molar-refractivity contribution is -0.137. The van der Waals surface area contributed by atoms with Gasteiger partial charge in [0.25, 0.3) is 5.91 Å². The molecule has 0 bridgehead atoms. The number of hydrogen-bond donors (Lipinski definition) is 3. The predicted molar refractivity (Wildman–Crippen MR) is 83.0 cm³/mol. The van der Waals surface area contributed by atoms with Crippen molar-refractivity contribution in [3.8, 4) is 0 Å². The van der Waals surface area contributed by atoms with Crippen LogP contribution in [0.1, 0.15) is 36.8 Å². The lowest BCUT2D eigenvalue weighted by atomic mass is 9.81. The van der Waals surface area contributed by atoms with Crippen molar-refractivity contribution in [2.45, 2.75) is 43.9 Å². The number of halogens is 3. The maximum atomic E-state index is 12.9. The second-order valence-electron chi connectivity index (χ2n) is 6.14. The van der Waals surface area contributed by atoms with Crippen LogP contribution in [0.5, 0.6) is 0 Å². The topological polar surface area (TPSA) is 65.5 Å². The van der Waals surface area contributed by atoms with Crippen molar-refractivity contribution in [2.24, 2.45) is 11.0 Å². The average Bonchev–Trinajstić information content (AvgIpc) is 2.98. The number of nitrogens with one attached hydrogen (secondary N) is 3. The Balaban J connectivity index is 1.64. The van der Waals surface area contributed by atoms with Crippen LogP contribution in [0.25, 0.3) is 0 Å². The smallest absolute Gasteiger partial charge is 0.271 e. The van der Waals surface area contributed by atoms with Gasteiger partial charge in [0.05, 0.1) is 11.8 Å². The molecule has 8 heteroatoms. The summed E-state index contributed by atoms with van der Waals surface area (Å²) in [7, 11) is 0. The number of hydrazine groups is 1. The molecule has 1 heterocycles. The number of fused-ring (bicyclic) bond motifs is 1. The fourth-order valence-electron chi connectivity index (χ4n) is 3.40. The monoisotopic (exact) mass is 340 g/mol. The van der Waals surface area contributed by atoms with Crippen molar-refractivity contribution in [1.29, 1.82) is 0 Å². The first-order valence-corrected chi connectivity index (χ1v) is 7.97. The van der Waals surface area contributed by atoms with Gasteiger partial charge in [-0.3, -0.25) is 10.2 Å². The minimum atomic E-state index is -4.46. The van der Waals surface area contributed by atoms with E-state index in [2.05, 4.69) is 21.4 Å². The number of rotatable bonds is 3. The fraction of sp³-hybridized carbons (Fsp3) is 0.500. The van der Waals surface area contributed by atoms with Crippen molar-refractivity contribution in [3.63, 3.8) is 0 Å². The first kappa shape index (κ1) is 16.9. The summed E-state index contributed by atoms with van der Waals surface area (Å²) in [4.78, 5) is 12.2. The largest absolute Gasteiger partial charge is 0.417 e. The molecule has 0 aromatic heterocycles. The summed E-state index contributed by atoms with van der Waals surface area (Å²) >= 11 is 0. The molecule has 2 aliphatic rings. The van der Waals surface area contributed by atoms with Crippen LogP contribution in [0.3, 0.4) is 0 Å². The number of hydrazone groups is 1. The van der Waals surface area contributed by atoms with Gasteiger partial charge in [-0.2, -0.15) is 18.3 Å². The molecule has 1 aliphatic heterocycles. The number of alkyl halides is 3.